The van der Waals surface area contributed by atoms with Crippen LogP contribution in [0.15, 0.2) is 0 Å². The molecule has 11 heteroatoms. The lowest BCUT2D eigenvalue weighted by atomic mass is 10.0. The summed E-state index contributed by atoms with van der Waals surface area (Å²) in [7, 11) is -4.62. The van der Waals surface area contributed by atoms with Crippen LogP contribution in [0.2, 0.25) is 0 Å². The molecule has 0 heterocycles. The Kier molecular flexibility index (Phi) is 50.0. The van der Waals surface area contributed by atoms with E-state index in [1.165, 1.54) is 225 Å². The van der Waals surface area contributed by atoms with Gasteiger partial charge in [0.25, 0.3) is 0 Å². The van der Waals surface area contributed by atoms with Gasteiger partial charge >= 0.3 is 19.8 Å². The quantitative estimate of drug-likeness (QED) is 0.0306. The van der Waals surface area contributed by atoms with Crippen molar-refractivity contribution in [3.63, 3.8) is 0 Å². The number of hydrogen-bond donors (Lipinski definition) is 3. The van der Waals surface area contributed by atoms with Gasteiger partial charge in [-0.3, -0.25) is 18.6 Å². The minimum atomic E-state index is -4.62. The van der Waals surface area contributed by atoms with E-state index in [0.717, 1.165) is 32.1 Å². The zero-order valence-electron chi connectivity index (χ0n) is 42.7. The normalized spacial score (nSPS) is 13.5. The molecule has 0 aliphatic heterocycles. The average molecular weight is 947 g/mol. The summed E-state index contributed by atoms with van der Waals surface area (Å²) in [5.41, 5.74) is 0. The maximum absolute atomic E-state index is 12.7. The molecule has 0 radical (unpaired) electrons. The second kappa shape index (κ2) is 50.8. The lowest BCUT2D eigenvalue weighted by Crippen LogP contribution is -2.29. The van der Waals surface area contributed by atoms with Gasteiger partial charge < -0.3 is 24.6 Å². The lowest BCUT2D eigenvalue weighted by Gasteiger charge is -2.20. The van der Waals surface area contributed by atoms with Crippen molar-refractivity contribution in [2.75, 3.05) is 26.4 Å². The van der Waals surface area contributed by atoms with Crippen LogP contribution in [0.4, 0.5) is 0 Å². The summed E-state index contributed by atoms with van der Waals surface area (Å²) in [4.78, 5) is 35.3. The van der Waals surface area contributed by atoms with Crippen LogP contribution in [0.25, 0.3) is 0 Å². The number of aliphatic hydroxyl groups is 2. The van der Waals surface area contributed by atoms with Crippen LogP contribution >= 0.6 is 7.82 Å². The predicted molar refractivity (Wildman–Crippen MR) is 270 cm³/mol. The molecule has 0 aromatic carbocycles. The molecule has 0 fully saturated rings. The Labute approximate surface area is 401 Å². The molecule has 0 aromatic heterocycles. The molecule has 0 aliphatic carbocycles. The largest absolute Gasteiger partial charge is 0.472 e. The van der Waals surface area contributed by atoms with Crippen molar-refractivity contribution in [3.8, 4) is 0 Å². The molecular weight excluding hydrogens is 840 g/mol. The van der Waals surface area contributed by atoms with Gasteiger partial charge in [0, 0.05) is 12.8 Å². The number of hydrogen-bond acceptors (Lipinski definition) is 9. The summed E-state index contributed by atoms with van der Waals surface area (Å²) < 4.78 is 33.0. The standard InChI is InChI=1S/C54H107O10P/c1-3-5-7-9-11-13-15-17-19-21-23-24-25-26-28-30-32-34-36-38-40-42-44-46-54(58)64-52(50-63-65(59,60)62-48-51(56)47-55)49-61-53(57)45-43-41-39-37-35-33-31-29-27-22-20-18-16-14-12-10-8-6-4-2/h51-52,55-56H,3-50H2,1-2H3,(H,59,60). The molecule has 10 nitrogen and oxygen atoms in total. The van der Waals surface area contributed by atoms with E-state index < -0.39 is 51.8 Å². The summed E-state index contributed by atoms with van der Waals surface area (Å²) in [5, 5.41) is 18.4. The van der Waals surface area contributed by atoms with Crippen LogP contribution in [-0.2, 0) is 32.7 Å². The first-order valence-electron chi connectivity index (χ1n) is 28.0. The van der Waals surface area contributed by atoms with E-state index in [1.807, 2.05) is 0 Å². The third-order valence-corrected chi connectivity index (χ3v) is 13.7. The molecule has 0 aromatic rings. The van der Waals surface area contributed by atoms with E-state index in [0.29, 0.717) is 12.8 Å². The van der Waals surface area contributed by atoms with Crippen molar-refractivity contribution in [1.82, 2.24) is 0 Å². The topological polar surface area (TPSA) is 149 Å². The summed E-state index contributed by atoms with van der Waals surface area (Å²) >= 11 is 0. The molecule has 0 saturated carbocycles. The first kappa shape index (κ1) is 64.0. The van der Waals surface area contributed by atoms with Crippen LogP contribution in [0.5, 0.6) is 0 Å². The highest BCUT2D eigenvalue weighted by Gasteiger charge is 2.27. The molecule has 388 valence electrons. The highest BCUT2D eigenvalue weighted by Crippen LogP contribution is 2.43. The highest BCUT2D eigenvalue weighted by atomic mass is 31.2. The monoisotopic (exact) mass is 947 g/mol. The van der Waals surface area contributed by atoms with Gasteiger partial charge in [-0.1, -0.05) is 271 Å². The minimum Gasteiger partial charge on any atom is -0.462 e. The van der Waals surface area contributed by atoms with Crippen molar-refractivity contribution in [2.24, 2.45) is 0 Å². The average Bonchev–Trinajstić information content (AvgIpc) is 3.30. The molecule has 0 bridgehead atoms. The molecule has 65 heavy (non-hydrogen) atoms. The minimum absolute atomic E-state index is 0.193. The zero-order chi connectivity index (χ0) is 47.6. The molecule has 3 N–H and O–H groups in total. The van der Waals surface area contributed by atoms with Gasteiger partial charge in [-0.2, -0.15) is 0 Å². The molecule has 3 unspecified atom stereocenters. The Bertz CT molecular complexity index is 1040. The first-order chi connectivity index (χ1) is 31.7. The Morgan fingerprint density at radius 1 is 0.400 bits per heavy atom. The van der Waals surface area contributed by atoms with E-state index in [2.05, 4.69) is 13.8 Å². The third-order valence-electron chi connectivity index (χ3n) is 12.8. The van der Waals surface area contributed by atoms with Gasteiger partial charge in [0.2, 0.25) is 0 Å². The van der Waals surface area contributed by atoms with Gasteiger partial charge in [0.1, 0.15) is 12.7 Å². The number of carbonyl (C=O) groups is 2. The fourth-order valence-corrected chi connectivity index (χ4v) is 9.26. The van der Waals surface area contributed by atoms with Gasteiger partial charge in [-0.25, -0.2) is 4.57 Å². The third kappa shape index (κ3) is 50.7. The number of phosphoric ester groups is 1. The molecule has 0 spiro atoms. The zero-order valence-corrected chi connectivity index (χ0v) is 43.6. The number of unbranched alkanes of at least 4 members (excludes halogenated alkanes) is 40. The summed E-state index contributed by atoms with van der Waals surface area (Å²) in [5.74, 6) is -0.899. The van der Waals surface area contributed by atoms with Gasteiger partial charge in [-0.05, 0) is 12.8 Å². The second-order valence-corrected chi connectivity index (χ2v) is 20.8. The molecule has 3 atom stereocenters. The molecular formula is C54H107O10P. The van der Waals surface area contributed by atoms with Crippen LogP contribution in [-0.4, -0.2) is 65.7 Å². The number of aliphatic hydroxyl groups excluding tert-OH is 2. The van der Waals surface area contributed by atoms with Crippen LogP contribution < -0.4 is 0 Å². The smallest absolute Gasteiger partial charge is 0.462 e. The summed E-state index contributed by atoms with van der Waals surface area (Å²) in [6, 6.07) is 0. The Balaban J connectivity index is 4.06. The van der Waals surface area contributed by atoms with Gasteiger partial charge in [0.15, 0.2) is 6.10 Å². The molecule has 0 saturated heterocycles. The van der Waals surface area contributed by atoms with Crippen molar-refractivity contribution in [3.05, 3.63) is 0 Å². The number of ether oxygens (including phenoxy) is 2. The number of rotatable bonds is 54. The second-order valence-electron chi connectivity index (χ2n) is 19.3. The maximum atomic E-state index is 12.7. The van der Waals surface area contributed by atoms with Crippen LogP contribution in [0, 0.1) is 0 Å². The van der Waals surface area contributed by atoms with Gasteiger partial charge in [0.05, 0.1) is 19.8 Å². The number of esters is 2. The van der Waals surface area contributed by atoms with E-state index in [4.69, 9.17) is 23.6 Å². The lowest BCUT2D eigenvalue weighted by molar-refractivity contribution is -0.161. The van der Waals surface area contributed by atoms with E-state index in [9.17, 15) is 24.2 Å². The SMILES string of the molecule is CCCCCCCCCCCCCCCCCCCCCCCCCC(=O)OC(COC(=O)CCCCCCCCCCCCCCCCCCCCC)COP(=O)(O)OCC(O)CO. The predicted octanol–water partition coefficient (Wildman–Crippen LogP) is 16.1. The first-order valence-corrected chi connectivity index (χ1v) is 29.5. The van der Waals surface area contributed by atoms with E-state index in [-0.39, 0.29) is 19.4 Å². The Hall–Kier alpha value is -1.03. The Morgan fingerprint density at radius 3 is 0.954 bits per heavy atom. The molecule has 0 rings (SSSR count). The molecule has 0 amide bonds. The van der Waals surface area contributed by atoms with Crippen LogP contribution in [0.1, 0.15) is 296 Å². The summed E-state index contributed by atoms with van der Waals surface area (Å²) in [6.45, 7) is 2.47. The van der Waals surface area contributed by atoms with Gasteiger partial charge in [-0.15, -0.1) is 0 Å². The fraction of sp³-hybridized carbons (Fsp3) is 0.963. The maximum Gasteiger partial charge on any atom is 0.472 e. The Morgan fingerprint density at radius 2 is 0.662 bits per heavy atom. The van der Waals surface area contributed by atoms with E-state index in [1.54, 1.807) is 0 Å². The van der Waals surface area contributed by atoms with Crippen molar-refractivity contribution < 1.29 is 47.8 Å². The summed E-state index contributed by atoms with van der Waals surface area (Å²) in [6.07, 6.45) is 52.2. The number of phosphoric acid groups is 1. The highest BCUT2D eigenvalue weighted by molar-refractivity contribution is 7.47. The van der Waals surface area contributed by atoms with E-state index >= 15 is 0 Å². The van der Waals surface area contributed by atoms with Crippen molar-refractivity contribution >= 4 is 19.8 Å². The van der Waals surface area contributed by atoms with Crippen LogP contribution in [0.3, 0.4) is 0 Å². The number of carbonyl (C=O) groups excluding carboxylic acids is 2. The molecule has 0 aliphatic rings. The van der Waals surface area contributed by atoms with Crippen molar-refractivity contribution in [2.45, 2.75) is 309 Å². The van der Waals surface area contributed by atoms with Crippen molar-refractivity contribution in [1.29, 1.82) is 0 Å². The fourth-order valence-electron chi connectivity index (χ4n) is 8.47.